The molecule has 0 aliphatic rings. The highest BCUT2D eigenvalue weighted by Crippen LogP contribution is 1.88. The first-order valence-electron chi connectivity index (χ1n) is 3.70. The first kappa shape index (κ1) is 11.3. The second-order valence-electron chi connectivity index (χ2n) is 2.34. The predicted octanol–water partition coefficient (Wildman–Crippen LogP) is -0.185. The molecule has 0 aliphatic carbocycles. The zero-order valence-electron chi connectivity index (χ0n) is 7.13. The summed E-state index contributed by atoms with van der Waals surface area (Å²) in [5, 5.41) is 2.58. The van der Waals surface area contributed by atoms with E-state index in [1.807, 2.05) is 0 Å². The third kappa shape index (κ3) is 7.43. The molecule has 0 radical (unpaired) electrons. The third-order valence-corrected chi connectivity index (χ3v) is 1.36. The van der Waals surface area contributed by atoms with Crippen LogP contribution in [0.2, 0.25) is 0 Å². The number of hydrogen-bond donors (Lipinski definition) is 2. The van der Waals surface area contributed by atoms with Crippen molar-refractivity contribution in [3.63, 3.8) is 0 Å². The zero-order chi connectivity index (χ0) is 9.40. The summed E-state index contributed by atoms with van der Waals surface area (Å²) in [6.07, 6.45) is 1.18. The molecule has 12 heavy (non-hydrogen) atoms. The van der Waals surface area contributed by atoms with E-state index in [0.717, 1.165) is 6.42 Å². The molecule has 0 bridgehead atoms. The topological polar surface area (TPSA) is 64.3 Å². The van der Waals surface area contributed by atoms with Crippen LogP contribution in [0, 0.1) is 0 Å². The lowest BCUT2D eigenvalue weighted by molar-refractivity contribution is -0.121. The second kappa shape index (κ2) is 7.00. The van der Waals surface area contributed by atoms with Crippen LogP contribution in [-0.4, -0.2) is 31.2 Å². The number of hydrogen-bond acceptors (Lipinski definition) is 3. The highest BCUT2D eigenvalue weighted by Gasteiger charge is 1.99. The average molecular weight is 190 g/mol. The van der Waals surface area contributed by atoms with Crippen molar-refractivity contribution < 1.29 is 9.53 Å². The van der Waals surface area contributed by atoms with Gasteiger partial charge in [0, 0.05) is 20.1 Å². The number of amides is 1. The Balaban J connectivity index is 3.28. The molecular weight excluding hydrogens is 176 g/mol. The molecule has 5 heteroatoms. The van der Waals surface area contributed by atoms with Gasteiger partial charge < -0.3 is 15.8 Å². The molecule has 0 fully saturated rings. The fraction of sp³-hybridized carbons (Fsp3) is 0.714. The summed E-state index contributed by atoms with van der Waals surface area (Å²) in [7, 11) is 1.60. The lowest BCUT2D eigenvalue weighted by atomic mass is 10.3. The SMILES string of the molecule is COCCCC(=O)NCC(N)=S. The number of rotatable bonds is 6. The number of thiocarbonyl (C=S) groups is 1. The molecule has 0 aromatic rings. The summed E-state index contributed by atoms with van der Waals surface area (Å²) in [6, 6.07) is 0. The van der Waals surface area contributed by atoms with Crippen LogP contribution in [0.15, 0.2) is 0 Å². The highest BCUT2D eigenvalue weighted by molar-refractivity contribution is 7.80. The largest absolute Gasteiger partial charge is 0.392 e. The van der Waals surface area contributed by atoms with Crippen molar-refractivity contribution in [3.8, 4) is 0 Å². The summed E-state index contributed by atoms with van der Waals surface area (Å²) in [4.78, 5) is 11.2. The zero-order valence-corrected chi connectivity index (χ0v) is 7.95. The Morgan fingerprint density at radius 2 is 2.33 bits per heavy atom. The maximum atomic E-state index is 10.9. The summed E-state index contributed by atoms with van der Waals surface area (Å²) in [5.74, 6) is -0.0418. The lowest BCUT2D eigenvalue weighted by Gasteiger charge is -2.02. The first-order chi connectivity index (χ1) is 5.66. The summed E-state index contributed by atoms with van der Waals surface area (Å²) in [5.41, 5.74) is 5.19. The van der Waals surface area contributed by atoms with Crippen molar-refractivity contribution in [1.29, 1.82) is 0 Å². The average Bonchev–Trinajstić information content (AvgIpc) is 2.01. The molecule has 0 rings (SSSR count). The molecule has 3 N–H and O–H groups in total. The van der Waals surface area contributed by atoms with Crippen LogP contribution in [0.4, 0.5) is 0 Å². The van der Waals surface area contributed by atoms with Gasteiger partial charge in [0.15, 0.2) is 0 Å². The van der Waals surface area contributed by atoms with Gasteiger partial charge in [0.1, 0.15) is 0 Å². The minimum atomic E-state index is -0.0418. The van der Waals surface area contributed by atoms with Gasteiger partial charge in [0.2, 0.25) is 5.91 Å². The fourth-order valence-corrected chi connectivity index (χ4v) is 0.723. The molecule has 0 spiro atoms. The number of carbonyl (C=O) groups excluding carboxylic acids is 1. The monoisotopic (exact) mass is 190 g/mol. The van der Waals surface area contributed by atoms with Crippen molar-refractivity contribution >= 4 is 23.1 Å². The smallest absolute Gasteiger partial charge is 0.220 e. The van der Waals surface area contributed by atoms with Crippen LogP contribution in [0.1, 0.15) is 12.8 Å². The van der Waals surface area contributed by atoms with Crippen molar-refractivity contribution in [2.45, 2.75) is 12.8 Å². The quantitative estimate of drug-likeness (QED) is 0.450. The normalized spacial score (nSPS) is 9.42. The number of ether oxygens (including phenoxy) is 1. The maximum absolute atomic E-state index is 10.9. The molecule has 4 nitrogen and oxygen atoms in total. The molecule has 0 aliphatic heterocycles. The van der Waals surface area contributed by atoms with Crippen molar-refractivity contribution in [1.82, 2.24) is 5.32 Å². The molecule has 0 atom stereocenters. The Bertz CT molecular complexity index is 161. The van der Waals surface area contributed by atoms with E-state index in [1.165, 1.54) is 0 Å². The Kier molecular flexibility index (Phi) is 6.60. The number of methoxy groups -OCH3 is 1. The number of carbonyl (C=O) groups is 1. The predicted molar refractivity (Wildman–Crippen MR) is 50.9 cm³/mol. The molecule has 0 aromatic heterocycles. The van der Waals surface area contributed by atoms with Crippen molar-refractivity contribution in [2.75, 3.05) is 20.3 Å². The molecule has 0 unspecified atom stereocenters. The fourth-order valence-electron chi connectivity index (χ4n) is 0.651. The van der Waals surface area contributed by atoms with Gasteiger partial charge in [-0.15, -0.1) is 0 Å². The van der Waals surface area contributed by atoms with Gasteiger partial charge in [-0.1, -0.05) is 12.2 Å². The van der Waals surface area contributed by atoms with Gasteiger partial charge >= 0.3 is 0 Å². The number of nitrogens with one attached hydrogen (secondary N) is 1. The van der Waals surface area contributed by atoms with Crippen LogP contribution in [0.25, 0.3) is 0 Å². The van der Waals surface area contributed by atoms with E-state index in [4.69, 9.17) is 10.5 Å². The van der Waals surface area contributed by atoms with E-state index in [9.17, 15) is 4.79 Å². The van der Waals surface area contributed by atoms with Crippen LogP contribution in [0.5, 0.6) is 0 Å². The Hall–Kier alpha value is -0.680. The molecule has 0 aromatic carbocycles. The van der Waals surface area contributed by atoms with E-state index in [2.05, 4.69) is 17.5 Å². The Labute approximate surface area is 77.5 Å². The second-order valence-corrected chi connectivity index (χ2v) is 2.86. The first-order valence-corrected chi connectivity index (χ1v) is 4.11. The van der Waals surface area contributed by atoms with E-state index < -0.39 is 0 Å². The van der Waals surface area contributed by atoms with E-state index in [-0.39, 0.29) is 12.5 Å². The third-order valence-electron chi connectivity index (χ3n) is 1.21. The molecule has 70 valence electrons. The molecule has 0 saturated carbocycles. The summed E-state index contributed by atoms with van der Waals surface area (Å²) < 4.78 is 4.79. The van der Waals surface area contributed by atoms with Crippen LogP contribution >= 0.6 is 12.2 Å². The molecular formula is C7H14N2O2S. The van der Waals surface area contributed by atoms with Gasteiger partial charge in [-0.05, 0) is 6.42 Å². The van der Waals surface area contributed by atoms with E-state index in [0.29, 0.717) is 18.0 Å². The summed E-state index contributed by atoms with van der Waals surface area (Å²) in [6.45, 7) is 0.877. The van der Waals surface area contributed by atoms with E-state index >= 15 is 0 Å². The lowest BCUT2D eigenvalue weighted by Crippen LogP contribution is -2.32. The van der Waals surface area contributed by atoms with Crippen molar-refractivity contribution in [3.05, 3.63) is 0 Å². The summed E-state index contributed by atoms with van der Waals surface area (Å²) >= 11 is 4.59. The van der Waals surface area contributed by atoms with Crippen LogP contribution in [0.3, 0.4) is 0 Å². The van der Waals surface area contributed by atoms with Gasteiger partial charge in [-0.25, -0.2) is 0 Å². The molecule has 0 saturated heterocycles. The highest BCUT2D eigenvalue weighted by atomic mass is 32.1. The minimum absolute atomic E-state index is 0.0418. The van der Waals surface area contributed by atoms with E-state index in [1.54, 1.807) is 7.11 Å². The maximum Gasteiger partial charge on any atom is 0.220 e. The van der Waals surface area contributed by atoms with Crippen LogP contribution < -0.4 is 11.1 Å². The van der Waals surface area contributed by atoms with Crippen molar-refractivity contribution in [2.24, 2.45) is 5.73 Å². The van der Waals surface area contributed by atoms with Gasteiger partial charge in [-0.3, -0.25) is 4.79 Å². The van der Waals surface area contributed by atoms with Gasteiger partial charge in [-0.2, -0.15) is 0 Å². The standard InChI is InChI=1S/C7H14N2O2S/c1-11-4-2-3-7(10)9-5-6(8)12/h2-5H2,1H3,(H2,8,12)(H,9,10). The van der Waals surface area contributed by atoms with Gasteiger partial charge in [0.25, 0.3) is 0 Å². The number of nitrogens with two attached hydrogens (primary N) is 1. The van der Waals surface area contributed by atoms with Crippen LogP contribution in [-0.2, 0) is 9.53 Å². The Morgan fingerprint density at radius 3 is 2.83 bits per heavy atom. The minimum Gasteiger partial charge on any atom is -0.392 e. The molecule has 0 heterocycles. The Morgan fingerprint density at radius 1 is 1.67 bits per heavy atom. The molecule has 1 amide bonds. The van der Waals surface area contributed by atoms with Gasteiger partial charge in [0.05, 0.1) is 11.5 Å².